The zero-order chi connectivity index (χ0) is 16.1. The van der Waals surface area contributed by atoms with Gasteiger partial charge in [-0.25, -0.2) is 0 Å². The first-order chi connectivity index (χ1) is 11.2. The molecule has 2 heteroatoms. The fourth-order valence-electron chi connectivity index (χ4n) is 2.97. The van der Waals surface area contributed by atoms with Crippen molar-refractivity contribution in [1.82, 2.24) is 0 Å². The van der Waals surface area contributed by atoms with Crippen LogP contribution < -0.4 is 0 Å². The molecule has 0 aliphatic rings. The number of hydrogen-bond acceptors (Lipinski definition) is 1. The van der Waals surface area contributed by atoms with Crippen molar-refractivity contribution in [2.75, 3.05) is 0 Å². The van der Waals surface area contributed by atoms with Crippen molar-refractivity contribution >= 4 is 23.4 Å². The summed E-state index contributed by atoms with van der Waals surface area (Å²) in [6.07, 6.45) is 0. The summed E-state index contributed by atoms with van der Waals surface area (Å²) in [5.41, 5.74) is 3.74. The second-order valence-electron chi connectivity index (χ2n) is 5.44. The Kier molecular flexibility index (Phi) is 5.09. The fourth-order valence-corrected chi connectivity index (χ4v) is 4.67. The lowest BCUT2D eigenvalue weighted by molar-refractivity contribution is 0.892. The first kappa shape index (κ1) is 16.2. The van der Waals surface area contributed by atoms with Gasteiger partial charge in [0.2, 0.25) is 0 Å². The average Bonchev–Trinajstić information content (AvgIpc) is 2.62. The highest BCUT2D eigenvalue weighted by Crippen LogP contribution is 2.50. The van der Waals surface area contributed by atoms with Crippen molar-refractivity contribution in [2.45, 2.75) is 16.4 Å². The average molecular weight is 339 g/mol. The Bertz CT molecular complexity index is 627. The van der Waals surface area contributed by atoms with Crippen LogP contribution in [0, 0.1) is 0 Å². The molecule has 0 N–H and O–H groups in total. The van der Waals surface area contributed by atoms with Gasteiger partial charge in [-0.2, -0.15) is 0 Å². The summed E-state index contributed by atoms with van der Waals surface area (Å²) in [7, 11) is 0. The highest BCUT2D eigenvalue weighted by Gasteiger charge is 2.38. The van der Waals surface area contributed by atoms with E-state index < -0.39 is 0 Å². The predicted molar refractivity (Wildman–Crippen MR) is 102 cm³/mol. The molecule has 0 aliphatic heterocycles. The Balaban J connectivity index is 2.30. The second kappa shape index (κ2) is 7.25. The lowest BCUT2D eigenvalue weighted by Gasteiger charge is -2.36. The van der Waals surface area contributed by atoms with Gasteiger partial charge < -0.3 is 0 Å². The molecule has 0 aliphatic carbocycles. The molecule has 0 aromatic heterocycles. The summed E-state index contributed by atoms with van der Waals surface area (Å²) in [5.74, 6) is 0. The highest BCUT2D eigenvalue weighted by atomic mass is 35.5. The van der Waals surface area contributed by atoms with Crippen LogP contribution in [0.1, 0.15) is 23.6 Å². The van der Waals surface area contributed by atoms with Crippen LogP contribution in [0.3, 0.4) is 0 Å². The van der Waals surface area contributed by atoms with E-state index in [9.17, 15) is 0 Å². The summed E-state index contributed by atoms with van der Waals surface area (Å²) in [4.78, 5) is 0. The number of benzene rings is 3. The molecule has 1 unspecified atom stereocenters. The quantitative estimate of drug-likeness (QED) is 0.388. The molecule has 0 saturated carbocycles. The van der Waals surface area contributed by atoms with Crippen LogP contribution in [0.4, 0.5) is 0 Å². The van der Waals surface area contributed by atoms with E-state index in [0.717, 1.165) is 0 Å². The lowest BCUT2D eigenvalue weighted by atomic mass is 9.84. The standard InChI is InChI=1S/C21H19ClS/c1-17(22)23-21(18-11-5-2-6-12-18,19-13-7-3-8-14-19)20-15-9-4-10-16-20/h2-17H,1H3. The van der Waals surface area contributed by atoms with Gasteiger partial charge in [-0.05, 0) is 23.6 Å². The van der Waals surface area contributed by atoms with Gasteiger partial charge in [0.05, 0.1) is 9.46 Å². The first-order valence-corrected chi connectivity index (χ1v) is 9.03. The molecule has 3 aromatic carbocycles. The minimum atomic E-state index is -0.315. The molecule has 0 amide bonds. The SMILES string of the molecule is CC(Cl)SC(c1ccccc1)(c1ccccc1)c1ccccc1. The second-order valence-corrected chi connectivity index (χ2v) is 7.91. The van der Waals surface area contributed by atoms with E-state index in [1.54, 1.807) is 11.8 Å². The Morgan fingerprint density at radius 3 is 1.22 bits per heavy atom. The first-order valence-electron chi connectivity index (χ1n) is 7.72. The molecular weight excluding hydrogens is 320 g/mol. The largest absolute Gasteiger partial charge is 0.121 e. The Hall–Kier alpha value is -1.70. The van der Waals surface area contributed by atoms with Crippen LogP contribution in [-0.4, -0.2) is 4.71 Å². The molecule has 116 valence electrons. The maximum absolute atomic E-state index is 6.47. The summed E-state index contributed by atoms with van der Waals surface area (Å²) in [6.45, 7) is 2.04. The van der Waals surface area contributed by atoms with Crippen molar-refractivity contribution in [3.05, 3.63) is 108 Å². The third kappa shape index (κ3) is 3.31. The van der Waals surface area contributed by atoms with Gasteiger partial charge >= 0.3 is 0 Å². The topological polar surface area (TPSA) is 0 Å². The summed E-state index contributed by atoms with van der Waals surface area (Å²) in [5, 5.41) is 0. The number of halogens is 1. The maximum atomic E-state index is 6.47. The van der Waals surface area contributed by atoms with Crippen LogP contribution in [0.25, 0.3) is 0 Å². The third-order valence-corrected chi connectivity index (χ3v) is 5.53. The van der Waals surface area contributed by atoms with Crippen molar-refractivity contribution < 1.29 is 0 Å². The van der Waals surface area contributed by atoms with Gasteiger partial charge in [0.1, 0.15) is 0 Å². The van der Waals surface area contributed by atoms with Crippen molar-refractivity contribution in [1.29, 1.82) is 0 Å². The van der Waals surface area contributed by atoms with E-state index >= 15 is 0 Å². The van der Waals surface area contributed by atoms with Crippen LogP contribution in [-0.2, 0) is 4.75 Å². The lowest BCUT2D eigenvalue weighted by Crippen LogP contribution is -2.27. The minimum Gasteiger partial charge on any atom is -0.121 e. The van der Waals surface area contributed by atoms with E-state index in [4.69, 9.17) is 11.6 Å². The molecule has 0 radical (unpaired) electrons. The Morgan fingerprint density at radius 1 is 0.652 bits per heavy atom. The Morgan fingerprint density at radius 2 is 0.957 bits per heavy atom. The highest BCUT2D eigenvalue weighted by molar-refractivity contribution is 8.02. The van der Waals surface area contributed by atoms with E-state index in [2.05, 4.69) is 91.0 Å². The number of hydrogen-bond donors (Lipinski definition) is 0. The molecule has 23 heavy (non-hydrogen) atoms. The van der Waals surface area contributed by atoms with Crippen LogP contribution in [0.5, 0.6) is 0 Å². The molecule has 0 heterocycles. The van der Waals surface area contributed by atoms with Gasteiger partial charge in [0.15, 0.2) is 0 Å². The van der Waals surface area contributed by atoms with E-state index in [1.165, 1.54) is 16.7 Å². The van der Waals surface area contributed by atoms with Crippen molar-refractivity contribution in [2.24, 2.45) is 0 Å². The number of thioether (sulfide) groups is 1. The molecule has 1 atom stereocenters. The molecule has 0 nitrogen and oxygen atoms in total. The summed E-state index contributed by atoms with van der Waals surface area (Å²) < 4.78 is -0.332. The van der Waals surface area contributed by atoms with E-state index in [0.29, 0.717) is 0 Å². The zero-order valence-corrected chi connectivity index (χ0v) is 14.6. The smallest absolute Gasteiger partial charge is 0.0921 e. The number of rotatable bonds is 5. The zero-order valence-electron chi connectivity index (χ0n) is 13.0. The van der Waals surface area contributed by atoms with E-state index in [1.807, 2.05) is 6.92 Å². The molecule has 0 fully saturated rings. The van der Waals surface area contributed by atoms with Gasteiger partial charge in [-0.1, -0.05) is 91.0 Å². The Labute approximate surface area is 147 Å². The fraction of sp³-hybridized carbons (Fsp3) is 0.143. The number of alkyl halides is 1. The monoisotopic (exact) mass is 338 g/mol. The maximum Gasteiger partial charge on any atom is 0.0921 e. The summed E-state index contributed by atoms with van der Waals surface area (Å²) >= 11 is 8.25. The van der Waals surface area contributed by atoms with Crippen LogP contribution >= 0.6 is 23.4 Å². The van der Waals surface area contributed by atoms with Gasteiger partial charge in [-0.15, -0.1) is 23.4 Å². The van der Waals surface area contributed by atoms with Crippen LogP contribution in [0.15, 0.2) is 91.0 Å². The normalized spacial score (nSPS) is 12.8. The van der Waals surface area contributed by atoms with Crippen molar-refractivity contribution in [3.8, 4) is 0 Å². The molecule has 0 bridgehead atoms. The van der Waals surface area contributed by atoms with Gasteiger partial charge in [-0.3, -0.25) is 0 Å². The molecule has 0 spiro atoms. The molecule has 0 saturated heterocycles. The van der Waals surface area contributed by atoms with Crippen LogP contribution in [0.2, 0.25) is 0 Å². The van der Waals surface area contributed by atoms with Gasteiger partial charge in [0, 0.05) is 0 Å². The molecule has 3 rings (SSSR count). The van der Waals surface area contributed by atoms with E-state index in [-0.39, 0.29) is 9.46 Å². The predicted octanol–water partition coefficient (Wildman–Crippen LogP) is 6.30. The van der Waals surface area contributed by atoms with Gasteiger partial charge in [0.25, 0.3) is 0 Å². The molecular formula is C21H19ClS. The minimum absolute atomic E-state index is 0.0179. The molecule has 3 aromatic rings. The third-order valence-electron chi connectivity index (χ3n) is 3.88. The van der Waals surface area contributed by atoms with Crippen molar-refractivity contribution in [3.63, 3.8) is 0 Å². The summed E-state index contributed by atoms with van der Waals surface area (Å²) in [6, 6.07) is 31.8.